The molecule has 204 valence electrons. The Labute approximate surface area is 234 Å². The van der Waals surface area contributed by atoms with Gasteiger partial charge in [-0.25, -0.2) is 19.9 Å². The van der Waals surface area contributed by atoms with Crippen molar-refractivity contribution in [3.8, 4) is 0 Å². The number of amides is 1. The van der Waals surface area contributed by atoms with Gasteiger partial charge >= 0.3 is 0 Å². The number of imidazole rings is 1. The zero-order valence-corrected chi connectivity index (χ0v) is 23.2. The minimum atomic E-state index is -0.0292. The van der Waals surface area contributed by atoms with Crippen LogP contribution >= 0.6 is 0 Å². The van der Waals surface area contributed by atoms with Crippen LogP contribution in [0.5, 0.6) is 0 Å². The Hall–Kier alpha value is -4.53. The summed E-state index contributed by atoms with van der Waals surface area (Å²) in [5.41, 5.74) is 6.67. The van der Waals surface area contributed by atoms with Gasteiger partial charge in [0.1, 0.15) is 18.0 Å². The molecule has 0 saturated carbocycles. The van der Waals surface area contributed by atoms with E-state index in [0.29, 0.717) is 25.6 Å². The van der Waals surface area contributed by atoms with Crippen LogP contribution in [0, 0.1) is 5.92 Å². The Bertz CT molecular complexity index is 1670. The summed E-state index contributed by atoms with van der Waals surface area (Å²) in [4.78, 5) is 34.4. The normalized spacial score (nSPS) is 19.5. The molecule has 3 aromatic heterocycles. The second-order valence-electron chi connectivity index (χ2n) is 10.8. The molecule has 0 bridgehead atoms. The summed E-state index contributed by atoms with van der Waals surface area (Å²) in [5, 5.41) is 4.47. The van der Waals surface area contributed by atoms with Crippen molar-refractivity contribution in [3.63, 3.8) is 0 Å². The summed E-state index contributed by atoms with van der Waals surface area (Å²) in [6.07, 6.45) is 13.0. The third kappa shape index (κ3) is 4.95. The van der Waals surface area contributed by atoms with Gasteiger partial charge in [0.25, 0.3) is 0 Å². The maximum absolute atomic E-state index is 12.1. The molecule has 1 aliphatic heterocycles. The van der Waals surface area contributed by atoms with Crippen molar-refractivity contribution in [2.45, 2.75) is 32.7 Å². The summed E-state index contributed by atoms with van der Waals surface area (Å²) >= 11 is 0. The summed E-state index contributed by atoms with van der Waals surface area (Å²) < 4.78 is 2.05. The average molecular weight is 535 g/mol. The molecule has 9 nitrogen and oxygen atoms in total. The number of piperazine rings is 1. The number of allylic oxidation sites excluding steroid dienone is 3. The SMILES string of the molecule is C=CC(=O)N1CCN(c2cc3c(NC4=CCC(Cc5ccc6c(c5)ncn6C)C(C)=C4)ncnc3cn2)[C@@H](C)C1. The van der Waals surface area contributed by atoms with Gasteiger partial charge in [0.15, 0.2) is 0 Å². The predicted molar refractivity (Wildman–Crippen MR) is 159 cm³/mol. The molecule has 0 spiro atoms. The van der Waals surface area contributed by atoms with Crippen LogP contribution in [-0.2, 0) is 18.3 Å². The van der Waals surface area contributed by atoms with Crippen molar-refractivity contribution in [2.75, 3.05) is 29.9 Å². The molecule has 1 fully saturated rings. The lowest BCUT2D eigenvalue weighted by Gasteiger charge is -2.40. The molecule has 6 rings (SSSR count). The lowest BCUT2D eigenvalue weighted by Crippen LogP contribution is -2.53. The number of hydrogen-bond acceptors (Lipinski definition) is 7. The van der Waals surface area contributed by atoms with Gasteiger partial charge in [-0.1, -0.05) is 24.3 Å². The van der Waals surface area contributed by atoms with Gasteiger partial charge in [0.05, 0.1) is 29.1 Å². The number of aryl methyl sites for hydroxylation is 1. The number of benzene rings is 1. The minimum absolute atomic E-state index is 0.0292. The van der Waals surface area contributed by atoms with Crippen LogP contribution in [-0.4, -0.2) is 61.0 Å². The van der Waals surface area contributed by atoms with Gasteiger partial charge in [-0.2, -0.15) is 0 Å². The number of hydrogen-bond donors (Lipinski definition) is 1. The molecule has 9 heteroatoms. The third-order valence-corrected chi connectivity index (χ3v) is 8.10. The standard InChI is InChI=1S/C31H34N8O/c1-5-30(40)38-10-11-39(21(3)17-38)29-15-25-27(16-32-29)33-18-34-31(25)36-24-8-7-23(20(2)12-24)13-22-6-9-28-26(14-22)35-19-37(28)4/h5-6,8-9,12,14-16,18-19,21,23H,1,7,10-11,13,17H2,2-4H3,(H,33,34,36)/t21-,23?/m0/s1. The molecule has 40 heavy (non-hydrogen) atoms. The number of rotatable bonds is 6. The van der Waals surface area contributed by atoms with E-state index in [0.717, 1.165) is 52.1 Å². The van der Waals surface area contributed by atoms with Crippen LogP contribution in [0.1, 0.15) is 25.8 Å². The molecular formula is C31H34N8O. The number of nitrogens with zero attached hydrogens (tertiary/aromatic N) is 7. The van der Waals surface area contributed by atoms with Gasteiger partial charge in [0.2, 0.25) is 5.91 Å². The Morgan fingerprint density at radius 2 is 2.02 bits per heavy atom. The first-order valence-electron chi connectivity index (χ1n) is 13.7. The summed E-state index contributed by atoms with van der Waals surface area (Å²) in [5.74, 6) is 2.03. The van der Waals surface area contributed by atoms with Crippen LogP contribution in [0.3, 0.4) is 0 Å². The molecule has 2 aliphatic rings. The number of carbonyl (C=O) groups is 1. The highest BCUT2D eigenvalue weighted by atomic mass is 16.2. The fourth-order valence-electron chi connectivity index (χ4n) is 5.77. The van der Waals surface area contributed by atoms with Crippen LogP contribution in [0.25, 0.3) is 21.9 Å². The van der Waals surface area contributed by atoms with Crippen molar-refractivity contribution in [1.82, 2.24) is 29.4 Å². The van der Waals surface area contributed by atoms with Crippen molar-refractivity contribution < 1.29 is 4.79 Å². The van der Waals surface area contributed by atoms with Gasteiger partial charge < -0.3 is 19.7 Å². The van der Waals surface area contributed by atoms with E-state index in [4.69, 9.17) is 4.98 Å². The minimum Gasteiger partial charge on any atom is -0.350 e. The first-order chi connectivity index (χ1) is 19.4. The number of nitrogens with one attached hydrogen (secondary N) is 1. The average Bonchev–Trinajstić information content (AvgIpc) is 3.33. The van der Waals surface area contributed by atoms with E-state index in [1.54, 1.807) is 12.5 Å². The van der Waals surface area contributed by atoms with Crippen molar-refractivity contribution >= 4 is 39.5 Å². The molecule has 4 aromatic rings. The highest BCUT2D eigenvalue weighted by Crippen LogP contribution is 2.31. The van der Waals surface area contributed by atoms with Gasteiger partial charge in [-0.3, -0.25) is 4.79 Å². The molecular weight excluding hydrogens is 500 g/mol. The largest absolute Gasteiger partial charge is 0.350 e. The number of fused-ring (bicyclic) bond motifs is 2. The quantitative estimate of drug-likeness (QED) is 0.360. The Morgan fingerprint density at radius 3 is 2.83 bits per heavy atom. The molecule has 1 saturated heterocycles. The molecule has 1 aromatic carbocycles. The van der Waals surface area contributed by atoms with Crippen LogP contribution in [0.4, 0.5) is 11.6 Å². The molecule has 1 N–H and O–H groups in total. The molecule has 0 radical (unpaired) electrons. The molecule has 1 amide bonds. The zero-order valence-electron chi connectivity index (χ0n) is 23.2. The van der Waals surface area contributed by atoms with Crippen LogP contribution in [0.15, 0.2) is 79.2 Å². The maximum atomic E-state index is 12.1. The molecule has 1 aliphatic carbocycles. The number of anilines is 2. The van der Waals surface area contributed by atoms with E-state index in [9.17, 15) is 4.79 Å². The second-order valence-corrected chi connectivity index (χ2v) is 10.8. The summed E-state index contributed by atoms with van der Waals surface area (Å²) in [7, 11) is 2.02. The van der Waals surface area contributed by atoms with Gasteiger partial charge in [-0.15, -0.1) is 0 Å². The zero-order chi connectivity index (χ0) is 27.8. The fraction of sp³-hybridized carbons (Fsp3) is 0.323. The second kappa shape index (κ2) is 10.6. The Morgan fingerprint density at radius 1 is 1.15 bits per heavy atom. The first-order valence-corrected chi connectivity index (χ1v) is 13.7. The number of carbonyl (C=O) groups excluding carboxylic acids is 1. The molecule has 2 atom stereocenters. The highest BCUT2D eigenvalue weighted by molar-refractivity contribution is 5.91. The van der Waals surface area contributed by atoms with Gasteiger partial charge in [0, 0.05) is 43.8 Å². The predicted octanol–water partition coefficient (Wildman–Crippen LogP) is 4.64. The lowest BCUT2D eigenvalue weighted by atomic mass is 9.86. The topological polar surface area (TPSA) is 92.1 Å². The molecule has 4 heterocycles. The monoisotopic (exact) mass is 534 g/mol. The van der Waals surface area contributed by atoms with Crippen molar-refractivity contribution in [2.24, 2.45) is 13.0 Å². The lowest BCUT2D eigenvalue weighted by molar-refractivity contribution is -0.126. The van der Waals surface area contributed by atoms with Crippen molar-refractivity contribution in [3.05, 3.63) is 84.8 Å². The molecule has 1 unspecified atom stereocenters. The fourth-order valence-corrected chi connectivity index (χ4v) is 5.77. The Balaban J connectivity index is 1.18. The van der Waals surface area contributed by atoms with Crippen LogP contribution in [0.2, 0.25) is 0 Å². The van der Waals surface area contributed by atoms with E-state index >= 15 is 0 Å². The smallest absolute Gasteiger partial charge is 0.246 e. The van der Waals surface area contributed by atoms with E-state index in [1.807, 2.05) is 18.3 Å². The number of aromatic nitrogens is 5. The maximum Gasteiger partial charge on any atom is 0.246 e. The third-order valence-electron chi connectivity index (χ3n) is 8.10. The summed E-state index contributed by atoms with van der Waals surface area (Å²) in [6, 6.07) is 8.76. The number of pyridine rings is 1. The van der Waals surface area contributed by atoms with E-state index in [-0.39, 0.29) is 11.9 Å². The first kappa shape index (κ1) is 25.7. The van der Waals surface area contributed by atoms with Gasteiger partial charge in [-0.05, 0) is 68.5 Å². The summed E-state index contributed by atoms with van der Waals surface area (Å²) in [6.45, 7) is 9.91. The van der Waals surface area contributed by atoms with Crippen molar-refractivity contribution in [1.29, 1.82) is 0 Å². The Kier molecular flexibility index (Phi) is 6.79. The highest BCUT2D eigenvalue weighted by Gasteiger charge is 2.27. The van der Waals surface area contributed by atoms with Crippen LogP contribution < -0.4 is 10.2 Å². The van der Waals surface area contributed by atoms with E-state index in [1.165, 1.54) is 17.2 Å². The van der Waals surface area contributed by atoms with E-state index < -0.39 is 0 Å². The van der Waals surface area contributed by atoms with E-state index in [2.05, 4.69) is 86.6 Å².